The van der Waals surface area contributed by atoms with E-state index in [9.17, 15) is 4.79 Å². The second-order valence-corrected chi connectivity index (χ2v) is 6.35. The molecule has 1 fully saturated rings. The van der Waals surface area contributed by atoms with E-state index in [2.05, 4.69) is 15.5 Å². The molecule has 4 rings (SSSR count). The summed E-state index contributed by atoms with van der Waals surface area (Å²) in [4.78, 5) is 11.8. The van der Waals surface area contributed by atoms with Gasteiger partial charge in [0.15, 0.2) is 5.69 Å². The molecule has 0 atom stereocenters. The van der Waals surface area contributed by atoms with Crippen molar-refractivity contribution in [1.82, 2.24) is 14.0 Å². The average molecular weight is 334 g/mol. The molecule has 1 saturated carbocycles. The number of aromatic nitrogens is 3. The van der Waals surface area contributed by atoms with Crippen molar-refractivity contribution in [2.24, 2.45) is 0 Å². The van der Waals surface area contributed by atoms with Crippen LogP contribution in [0, 0.1) is 0 Å². The van der Waals surface area contributed by atoms with E-state index in [4.69, 9.17) is 16.3 Å². The van der Waals surface area contributed by atoms with E-state index in [0.717, 1.165) is 16.8 Å². The number of hydrogen-bond acceptors (Lipinski definition) is 5. The second-order valence-electron chi connectivity index (χ2n) is 5.31. The van der Waals surface area contributed by atoms with Crippen molar-refractivity contribution in [2.75, 3.05) is 7.11 Å². The maximum Gasteiger partial charge on any atom is 0.360 e. The number of methoxy groups -OCH3 is 1. The van der Waals surface area contributed by atoms with Crippen molar-refractivity contribution in [1.29, 1.82) is 0 Å². The predicted octanol–water partition coefficient (Wildman–Crippen LogP) is 3.78. The van der Waals surface area contributed by atoms with Crippen LogP contribution in [0.3, 0.4) is 0 Å². The first-order valence-corrected chi connectivity index (χ1v) is 8.10. The highest BCUT2D eigenvalue weighted by atomic mass is 35.5. The maximum absolute atomic E-state index is 11.8. The Balaban J connectivity index is 2.01. The van der Waals surface area contributed by atoms with Gasteiger partial charge in [-0.2, -0.15) is 5.10 Å². The second kappa shape index (κ2) is 5.07. The fourth-order valence-corrected chi connectivity index (χ4v) is 3.34. The van der Waals surface area contributed by atoms with Gasteiger partial charge in [0.05, 0.1) is 24.5 Å². The van der Waals surface area contributed by atoms with Gasteiger partial charge in [0.25, 0.3) is 0 Å². The highest BCUT2D eigenvalue weighted by Crippen LogP contribution is 2.42. The van der Waals surface area contributed by atoms with E-state index >= 15 is 0 Å². The van der Waals surface area contributed by atoms with Gasteiger partial charge in [0.1, 0.15) is 5.02 Å². The zero-order valence-corrected chi connectivity index (χ0v) is 13.3. The van der Waals surface area contributed by atoms with Crippen LogP contribution >= 0.6 is 23.1 Å². The van der Waals surface area contributed by atoms with E-state index in [1.54, 1.807) is 10.7 Å². The molecule has 3 aromatic rings. The average Bonchev–Trinajstić information content (AvgIpc) is 3.14. The molecule has 3 heterocycles. The minimum Gasteiger partial charge on any atom is -0.464 e. The molecule has 0 unspecified atom stereocenters. The number of rotatable bonds is 3. The third-order valence-corrected chi connectivity index (χ3v) is 4.81. The molecule has 7 heteroatoms. The van der Waals surface area contributed by atoms with Crippen LogP contribution < -0.4 is 0 Å². The lowest BCUT2D eigenvalue weighted by atomic mass is 10.1. The monoisotopic (exact) mass is 333 g/mol. The van der Waals surface area contributed by atoms with Crippen LogP contribution in [0.15, 0.2) is 23.7 Å². The molecular weight excluding hydrogens is 322 g/mol. The molecular formula is C15H12ClN3O2S. The summed E-state index contributed by atoms with van der Waals surface area (Å²) in [5, 5.41) is 6.64. The van der Waals surface area contributed by atoms with Crippen molar-refractivity contribution in [3.05, 3.63) is 40.0 Å². The van der Waals surface area contributed by atoms with Crippen molar-refractivity contribution < 1.29 is 9.53 Å². The highest BCUT2D eigenvalue weighted by molar-refractivity contribution is 7.03. The zero-order chi connectivity index (χ0) is 15.3. The van der Waals surface area contributed by atoms with Gasteiger partial charge in [0, 0.05) is 10.9 Å². The number of carbonyl (C=O) groups excluding carboxylic acids is 1. The highest BCUT2D eigenvalue weighted by Gasteiger charge is 2.27. The van der Waals surface area contributed by atoms with Crippen LogP contribution in [0.4, 0.5) is 0 Å². The Morgan fingerprint density at radius 2 is 2.27 bits per heavy atom. The summed E-state index contributed by atoms with van der Waals surface area (Å²) < 4.78 is 10.6. The Hall–Kier alpha value is -1.92. The maximum atomic E-state index is 11.8. The summed E-state index contributed by atoms with van der Waals surface area (Å²) >= 11 is 7.74. The summed E-state index contributed by atoms with van der Waals surface area (Å²) in [5.74, 6) is 0.0407. The summed E-state index contributed by atoms with van der Waals surface area (Å²) in [6.07, 6.45) is 4.17. The smallest absolute Gasteiger partial charge is 0.360 e. The standard InChI is InChI=1S/C15H12ClN3O2S/c1-21-15(20)14-13(16)12-5-9(8-2-3-8)4-11(19(12)18-14)10-6-17-22-7-10/h4-8H,2-3H2,1H3. The number of halogens is 1. The van der Waals surface area contributed by atoms with Gasteiger partial charge in [-0.25, -0.2) is 13.7 Å². The van der Waals surface area contributed by atoms with Gasteiger partial charge >= 0.3 is 5.97 Å². The van der Waals surface area contributed by atoms with Crippen LogP contribution in [0.2, 0.25) is 5.02 Å². The fraction of sp³-hybridized carbons (Fsp3) is 0.267. The van der Waals surface area contributed by atoms with Crippen molar-refractivity contribution in [3.63, 3.8) is 0 Å². The predicted molar refractivity (Wildman–Crippen MR) is 84.6 cm³/mol. The van der Waals surface area contributed by atoms with Crippen LogP contribution in [0.5, 0.6) is 0 Å². The lowest BCUT2D eigenvalue weighted by Crippen LogP contribution is -2.03. The largest absolute Gasteiger partial charge is 0.464 e. The fourth-order valence-electron chi connectivity index (χ4n) is 2.56. The first-order valence-electron chi connectivity index (χ1n) is 6.89. The third kappa shape index (κ3) is 2.10. The lowest BCUT2D eigenvalue weighted by molar-refractivity contribution is 0.0594. The van der Waals surface area contributed by atoms with Gasteiger partial charge in [-0.05, 0) is 48.0 Å². The molecule has 0 spiro atoms. The molecule has 0 aromatic carbocycles. The molecule has 5 nitrogen and oxygen atoms in total. The number of carbonyl (C=O) groups is 1. The number of esters is 1. The van der Waals surface area contributed by atoms with E-state index in [1.807, 2.05) is 11.4 Å². The van der Waals surface area contributed by atoms with E-state index in [-0.39, 0.29) is 5.69 Å². The topological polar surface area (TPSA) is 56.5 Å². The summed E-state index contributed by atoms with van der Waals surface area (Å²) in [7, 11) is 1.32. The molecule has 1 aliphatic rings. The molecule has 0 N–H and O–H groups in total. The number of nitrogens with zero attached hydrogens (tertiary/aromatic N) is 3. The Labute approximate surface area is 135 Å². The van der Waals surface area contributed by atoms with Crippen molar-refractivity contribution in [2.45, 2.75) is 18.8 Å². The van der Waals surface area contributed by atoms with E-state index in [0.29, 0.717) is 10.9 Å². The van der Waals surface area contributed by atoms with E-state index < -0.39 is 5.97 Å². The van der Waals surface area contributed by atoms with Crippen LogP contribution in [-0.4, -0.2) is 27.1 Å². The summed E-state index contributed by atoms with van der Waals surface area (Å²) in [6, 6.07) is 4.13. The Bertz CT molecular complexity index is 869. The molecule has 22 heavy (non-hydrogen) atoms. The van der Waals surface area contributed by atoms with Crippen molar-refractivity contribution in [3.8, 4) is 11.3 Å². The first-order chi connectivity index (χ1) is 10.7. The normalized spacial score (nSPS) is 14.5. The number of pyridine rings is 1. The number of ether oxygens (including phenoxy) is 1. The molecule has 0 amide bonds. The third-order valence-electron chi connectivity index (χ3n) is 3.85. The Morgan fingerprint density at radius 3 is 2.91 bits per heavy atom. The molecule has 0 saturated heterocycles. The molecule has 112 valence electrons. The number of hydrogen-bond donors (Lipinski definition) is 0. The lowest BCUT2D eigenvalue weighted by Gasteiger charge is -2.06. The quantitative estimate of drug-likeness (QED) is 0.684. The molecule has 1 aliphatic carbocycles. The Kier molecular flexibility index (Phi) is 3.16. The molecule has 0 bridgehead atoms. The van der Waals surface area contributed by atoms with Gasteiger partial charge < -0.3 is 4.74 Å². The van der Waals surface area contributed by atoms with Gasteiger partial charge in [0.2, 0.25) is 0 Å². The summed E-state index contributed by atoms with van der Waals surface area (Å²) in [5.41, 5.74) is 3.96. The summed E-state index contributed by atoms with van der Waals surface area (Å²) in [6.45, 7) is 0. The first kappa shape index (κ1) is 13.7. The van der Waals surface area contributed by atoms with Crippen LogP contribution in [0.1, 0.15) is 34.8 Å². The molecule has 0 aliphatic heterocycles. The molecule has 0 radical (unpaired) electrons. The van der Waals surface area contributed by atoms with Crippen LogP contribution in [0.25, 0.3) is 16.8 Å². The van der Waals surface area contributed by atoms with Crippen LogP contribution in [-0.2, 0) is 4.74 Å². The van der Waals surface area contributed by atoms with Gasteiger partial charge in [-0.1, -0.05) is 11.6 Å². The SMILES string of the molecule is COC(=O)c1nn2c(-c3cnsc3)cc(C3CC3)cc2c1Cl. The van der Waals surface area contributed by atoms with Gasteiger partial charge in [-0.3, -0.25) is 0 Å². The zero-order valence-electron chi connectivity index (χ0n) is 11.7. The minimum absolute atomic E-state index is 0.140. The van der Waals surface area contributed by atoms with Crippen molar-refractivity contribution >= 4 is 34.6 Å². The Morgan fingerprint density at radius 1 is 1.45 bits per heavy atom. The van der Waals surface area contributed by atoms with E-state index in [1.165, 1.54) is 37.0 Å². The molecule has 3 aromatic heterocycles. The number of fused-ring (bicyclic) bond motifs is 1. The minimum atomic E-state index is -0.531. The van der Waals surface area contributed by atoms with Gasteiger partial charge in [-0.15, -0.1) is 0 Å².